The van der Waals surface area contributed by atoms with Crippen molar-refractivity contribution in [2.24, 2.45) is 0 Å². The molecule has 4 N–H and O–H groups in total. The van der Waals surface area contributed by atoms with E-state index in [2.05, 4.69) is 20.5 Å². The van der Waals surface area contributed by atoms with Gasteiger partial charge in [-0.15, -0.1) is 0 Å². The lowest BCUT2D eigenvalue weighted by Crippen LogP contribution is -2.36. The highest BCUT2D eigenvalue weighted by Gasteiger charge is 2.14. The highest BCUT2D eigenvalue weighted by atomic mass is 16.5. The summed E-state index contributed by atoms with van der Waals surface area (Å²) in [5.41, 5.74) is 7.40. The topological polar surface area (TPSA) is 92.5 Å². The predicted octanol–water partition coefficient (Wildman–Crippen LogP) is 2.92. The van der Waals surface area contributed by atoms with Gasteiger partial charge in [-0.2, -0.15) is 0 Å². The van der Waals surface area contributed by atoms with E-state index in [0.717, 1.165) is 31.6 Å². The number of likely N-dealkylation sites (tertiary alicyclic amines) is 1. The number of benzene rings is 1. The Kier molecular flexibility index (Phi) is 5.91. The van der Waals surface area contributed by atoms with Gasteiger partial charge in [0.05, 0.1) is 17.9 Å². The van der Waals surface area contributed by atoms with Crippen molar-refractivity contribution in [3.8, 4) is 11.5 Å². The van der Waals surface area contributed by atoms with Gasteiger partial charge in [-0.3, -0.25) is 9.69 Å². The Labute approximate surface area is 153 Å². The van der Waals surface area contributed by atoms with Gasteiger partial charge in [0.1, 0.15) is 17.3 Å². The fraction of sp³-hybridized carbons (Fsp3) is 0.368. The molecule has 1 aliphatic rings. The van der Waals surface area contributed by atoms with Crippen LogP contribution in [-0.2, 0) is 4.79 Å². The number of hydrogen-bond donors (Lipinski definition) is 3. The van der Waals surface area contributed by atoms with Crippen molar-refractivity contribution in [1.29, 1.82) is 0 Å². The fourth-order valence-corrected chi connectivity index (χ4v) is 3.01. The van der Waals surface area contributed by atoms with E-state index in [9.17, 15) is 4.79 Å². The summed E-state index contributed by atoms with van der Waals surface area (Å²) in [5.74, 6) is 1.63. The normalized spacial score (nSPS) is 14.7. The number of rotatable bonds is 6. The Bertz CT molecular complexity index is 759. The Balaban J connectivity index is 1.60. The first-order valence-electron chi connectivity index (χ1n) is 8.87. The summed E-state index contributed by atoms with van der Waals surface area (Å²) in [6, 6.07) is 8.88. The molecule has 0 aliphatic carbocycles. The highest BCUT2D eigenvalue weighted by Crippen LogP contribution is 2.28. The van der Waals surface area contributed by atoms with E-state index >= 15 is 0 Å². The number of anilines is 3. The van der Waals surface area contributed by atoms with Crippen molar-refractivity contribution < 1.29 is 9.53 Å². The summed E-state index contributed by atoms with van der Waals surface area (Å²) < 4.78 is 5.82. The maximum atomic E-state index is 12.2. The molecule has 1 fully saturated rings. The molecule has 0 atom stereocenters. The molecule has 1 aromatic carbocycles. The first-order valence-corrected chi connectivity index (χ1v) is 8.87. The molecule has 2 aromatic rings. The van der Waals surface area contributed by atoms with E-state index < -0.39 is 0 Å². The van der Waals surface area contributed by atoms with Gasteiger partial charge in [-0.05, 0) is 44.1 Å². The monoisotopic (exact) mass is 355 g/mol. The maximum Gasteiger partial charge on any atom is 0.239 e. The summed E-state index contributed by atoms with van der Waals surface area (Å²) in [6.07, 6.45) is 5.17. The number of piperidine rings is 1. The molecular formula is C19H25N5O2. The predicted molar refractivity (Wildman–Crippen MR) is 104 cm³/mol. The van der Waals surface area contributed by atoms with Gasteiger partial charge in [-0.25, -0.2) is 4.98 Å². The maximum absolute atomic E-state index is 12.2. The standard InChI is InChI=1S/C19H25N5O2/c1-21-17-6-5-14(11-16(17)20)26-15-7-8-22-18(12-15)23-19(25)13-24-9-3-2-4-10-24/h5-8,11-12,21H,2-4,9-10,13,20H2,1H3,(H,22,23,25). The van der Waals surface area contributed by atoms with Crippen LogP contribution in [0.3, 0.4) is 0 Å². The quantitative estimate of drug-likeness (QED) is 0.690. The van der Waals surface area contributed by atoms with Crippen molar-refractivity contribution in [3.05, 3.63) is 36.5 Å². The zero-order valence-electron chi connectivity index (χ0n) is 15.0. The minimum Gasteiger partial charge on any atom is -0.457 e. The first kappa shape index (κ1) is 18.0. The molecule has 2 heterocycles. The molecule has 3 rings (SSSR count). The van der Waals surface area contributed by atoms with Crippen LogP contribution in [0.1, 0.15) is 19.3 Å². The SMILES string of the molecule is CNc1ccc(Oc2ccnc(NC(=O)CN3CCCCC3)c2)cc1N. The van der Waals surface area contributed by atoms with E-state index in [1.165, 1.54) is 6.42 Å². The number of nitrogens with one attached hydrogen (secondary N) is 2. The molecule has 26 heavy (non-hydrogen) atoms. The van der Waals surface area contributed by atoms with Crippen LogP contribution in [0.2, 0.25) is 0 Å². The van der Waals surface area contributed by atoms with Crippen LogP contribution in [0.4, 0.5) is 17.2 Å². The Morgan fingerprint density at radius 1 is 1.19 bits per heavy atom. The van der Waals surface area contributed by atoms with Crippen LogP contribution in [0.25, 0.3) is 0 Å². The Hall–Kier alpha value is -2.80. The van der Waals surface area contributed by atoms with Crippen LogP contribution >= 0.6 is 0 Å². The summed E-state index contributed by atoms with van der Waals surface area (Å²) in [6.45, 7) is 2.36. The minimum absolute atomic E-state index is 0.0563. The molecule has 138 valence electrons. The third kappa shape index (κ3) is 4.86. The van der Waals surface area contributed by atoms with Gasteiger partial charge in [0.2, 0.25) is 5.91 Å². The summed E-state index contributed by atoms with van der Waals surface area (Å²) in [7, 11) is 1.81. The average molecular weight is 355 g/mol. The van der Waals surface area contributed by atoms with Gasteiger partial charge < -0.3 is 21.1 Å². The second kappa shape index (κ2) is 8.53. The van der Waals surface area contributed by atoms with Gasteiger partial charge in [-0.1, -0.05) is 6.42 Å². The van der Waals surface area contributed by atoms with E-state index in [4.69, 9.17) is 10.5 Å². The van der Waals surface area contributed by atoms with Crippen molar-refractivity contribution >= 4 is 23.1 Å². The third-order valence-corrected chi connectivity index (χ3v) is 4.34. The summed E-state index contributed by atoms with van der Waals surface area (Å²) >= 11 is 0. The van der Waals surface area contributed by atoms with E-state index in [0.29, 0.717) is 29.5 Å². The van der Waals surface area contributed by atoms with Crippen LogP contribution in [0, 0.1) is 0 Å². The van der Waals surface area contributed by atoms with E-state index in [1.54, 1.807) is 24.4 Å². The highest BCUT2D eigenvalue weighted by molar-refractivity contribution is 5.91. The number of nitrogens with zero attached hydrogens (tertiary/aromatic N) is 2. The van der Waals surface area contributed by atoms with Gasteiger partial charge in [0.25, 0.3) is 0 Å². The molecule has 0 radical (unpaired) electrons. The lowest BCUT2D eigenvalue weighted by Gasteiger charge is -2.25. The molecule has 7 heteroatoms. The van der Waals surface area contributed by atoms with Crippen molar-refractivity contribution in [1.82, 2.24) is 9.88 Å². The molecule has 1 saturated heterocycles. The third-order valence-electron chi connectivity index (χ3n) is 4.34. The summed E-state index contributed by atoms with van der Waals surface area (Å²) in [4.78, 5) is 18.6. The van der Waals surface area contributed by atoms with Crippen LogP contribution in [0.5, 0.6) is 11.5 Å². The average Bonchev–Trinajstić information content (AvgIpc) is 2.63. The lowest BCUT2D eigenvalue weighted by atomic mass is 10.1. The fourth-order valence-electron chi connectivity index (χ4n) is 3.01. The molecule has 7 nitrogen and oxygen atoms in total. The molecular weight excluding hydrogens is 330 g/mol. The molecule has 1 aliphatic heterocycles. The number of pyridine rings is 1. The number of amides is 1. The number of nitrogens with two attached hydrogens (primary N) is 1. The van der Waals surface area contributed by atoms with Crippen molar-refractivity contribution in [2.45, 2.75) is 19.3 Å². The Morgan fingerprint density at radius 2 is 1.96 bits per heavy atom. The largest absolute Gasteiger partial charge is 0.457 e. The zero-order valence-corrected chi connectivity index (χ0v) is 15.0. The number of ether oxygens (including phenoxy) is 1. The molecule has 0 saturated carbocycles. The molecule has 1 aromatic heterocycles. The van der Waals surface area contributed by atoms with Crippen LogP contribution < -0.4 is 21.1 Å². The number of aromatic nitrogens is 1. The number of carbonyl (C=O) groups is 1. The van der Waals surface area contributed by atoms with Crippen molar-refractivity contribution in [3.63, 3.8) is 0 Å². The zero-order chi connectivity index (χ0) is 18.4. The molecule has 0 spiro atoms. The van der Waals surface area contributed by atoms with Gasteiger partial charge in [0, 0.05) is 25.4 Å². The van der Waals surface area contributed by atoms with E-state index in [1.807, 2.05) is 19.2 Å². The number of hydrogen-bond acceptors (Lipinski definition) is 6. The molecule has 1 amide bonds. The smallest absolute Gasteiger partial charge is 0.239 e. The van der Waals surface area contributed by atoms with Crippen LogP contribution in [0.15, 0.2) is 36.5 Å². The minimum atomic E-state index is -0.0563. The van der Waals surface area contributed by atoms with E-state index in [-0.39, 0.29) is 5.91 Å². The van der Waals surface area contributed by atoms with Crippen molar-refractivity contribution in [2.75, 3.05) is 43.0 Å². The van der Waals surface area contributed by atoms with Crippen LogP contribution in [-0.4, -0.2) is 42.5 Å². The summed E-state index contributed by atoms with van der Waals surface area (Å²) in [5, 5.41) is 5.85. The number of nitrogen functional groups attached to an aromatic ring is 1. The number of carbonyl (C=O) groups excluding carboxylic acids is 1. The molecule has 0 bridgehead atoms. The second-order valence-electron chi connectivity index (χ2n) is 6.36. The lowest BCUT2D eigenvalue weighted by molar-refractivity contribution is -0.117. The molecule has 0 unspecified atom stereocenters. The van der Waals surface area contributed by atoms with Gasteiger partial charge >= 0.3 is 0 Å². The first-order chi connectivity index (χ1) is 12.6. The second-order valence-corrected chi connectivity index (χ2v) is 6.36. The Morgan fingerprint density at radius 3 is 2.69 bits per heavy atom. The van der Waals surface area contributed by atoms with Gasteiger partial charge in [0.15, 0.2) is 0 Å².